The lowest BCUT2D eigenvalue weighted by Crippen LogP contribution is -2.47. The van der Waals surface area contributed by atoms with Crippen LogP contribution in [-0.2, 0) is 4.74 Å². The molecule has 132 valence electrons. The summed E-state index contributed by atoms with van der Waals surface area (Å²) in [5.41, 5.74) is 5.25. The van der Waals surface area contributed by atoms with E-state index in [0.29, 0.717) is 25.9 Å². The van der Waals surface area contributed by atoms with Crippen molar-refractivity contribution >= 4 is 17.7 Å². The van der Waals surface area contributed by atoms with Crippen molar-refractivity contribution in [2.24, 2.45) is 0 Å². The number of nitrogens with one attached hydrogen (secondary N) is 1. The van der Waals surface area contributed by atoms with Crippen molar-refractivity contribution in [2.75, 3.05) is 18.8 Å². The number of halogens is 1. The molecule has 1 saturated heterocycles. The molecule has 0 atom stereocenters. The van der Waals surface area contributed by atoms with E-state index in [2.05, 4.69) is 5.32 Å². The van der Waals surface area contributed by atoms with E-state index in [-0.39, 0.29) is 23.2 Å². The van der Waals surface area contributed by atoms with Crippen LogP contribution < -0.4 is 11.1 Å². The summed E-state index contributed by atoms with van der Waals surface area (Å²) < 4.78 is 19.1. The highest BCUT2D eigenvalue weighted by Gasteiger charge is 2.27. The van der Waals surface area contributed by atoms with Crippen LogP contribution in [0.15, 0.2) is 18.2 Å². The minimum atomic E-state index is -0.617. The molecule has 1 heterocycles. The molecule has 0 spiro atoms. The quantitative estimate of drug-likeness (QED) is 0.812. The number of nitrogen functional groups attached to an aromatic ring is 1. The van der Waals surface area contributed by atoms with E-state index in [4.69, 9.17) is 10.5 Å². The van der Waals surface area contributed by atoms with E-state index in [0.717, 1.165) is 6.07 Å². The van der Waals surface area contributed by atoms with E-state index in [1.165, 1.54) is 12.1 Å². The molecule has 2 amide bonds. The lowest BCUT2D eigenvalue weighted by molar-refractivity contribution is 0.0473. The van der Waals surface area contributed by atoms with Gasteiger partial charge in [-0.3, -0.25) is 4.79 Å². The maximum atomic E-state index is 13.9. The van der Waals surface area contributed by atoms with Crippen molar-refractivity contribution in [3.63, 3.8) is 0 Å². The number of hydrogen-bond acceptors (Lipinski definition) is 4. The molecule has 0 aromatic heterocycles. The summed E-state index contributed by atoms with van der Waals surface area (Å²) in [5.74, 6) is -0.975. The number of rotatable bonds is 2. The predicted octanol–water partition coefficient (Wildman–Crippen LogP) is 2.54. The van der Waals surface area contributed by atoms with Gasteiger partial charge in [0.05, 0.1) is 5.56 Å². The van der Waals surface area contributed by atoms with Crippen molar-refractivity contribution < 1.29 is 18.7 Å². The van der Waals surface area contributed by atoms with Gasteiger partial charge in [-0.25, -0.2) is 9.18 Å². The summed E-state index contributed by atoms with van der Waals surface area (Å²) >= 11 is 0. The fraction of sp³-hybridized carbons (Fsp3) is 0.529. The van der Waals surface area contributed by atoms with Gasteiger partial charge in [0, 0.05) is 24.8 Å². The monoisotopic (exact) mass is 337 g/mol. The minimum Gasteiger partial charge on any atom is -0.444 e. The average Bonchev–Trinajstić information content (AvgIpc) is 2.45. The molecule has 6 nitrogen and oxygen atoms in total. The maximum absolute atomic E-state index is 13.9. The van der Waals surface area contributed by atoms with Crippen LogP contribution in [0.4, 0.5) is 14.9 Å². The van der Waals surface area contributed by atoms with E-state index < -0.39 is 17.5 Å². The predicted molar refractivity (Wildman–Crippen MR) is 89.1 cm³/mol. The molecule has 1 aliphatic rings. The van der Waals surface area contributed by atoms with Gasteiger partial charge in [-0.05, 0) is 51.8 Å². The van der Waals surface area contributed by atoms with Gasteiger partial charge in [0.2, 0.25) is 0 Å². The Morgan fingerprint density at radius 2 is 1.92 bits per heavy atom. The third-order valence-electron chi connectivity index (χ3n) is 3.73. The highest BCUT2D eigenvalue weighted by Crippen LogP contribution is 2.18. The molecule has 0 unspecified atom stereocenters. The molecular formula is C17H24FN3O3. The number of nitrogens with zero attached hydrogens (tertiary/aromatic N) is 1. The number of carbonyl (C=O) groups is 2. The molecule has 3 N–H and O–H groups in total. The molecule has 1 aliphatic heterocycles. The van der Waals surface area contributed by atoms with Gasteiger partial charge in [0.1, 0.15) is 11.4 Å². The zero-order chi connectivity index (χ0) is 17.9. The molecular weight excluding hydrogens is 313 g/mol. The summed E-state index contributed by atoms with van der Waals surface area (Å²) in [5, 5.41) is 2.80. The lowest BCUT2D eigenvalue weighted by atomic mass is 10.0. The Kier molecular flexibility index (Phi) is 5.31. The Morgan fingerprint density at radius 1 is 1.29 bits per heavy atom. The Labute approximate surface area is 141 Å². The van der Waals surface area contributed by atoms with Crippen LogP contribution >= 0.6 is 0 Å². The van der Waals surface area contributed by atoms with E-state index in [1.807, 2.05) is 0 Å². The Morgan fingerprint density at radius 3 is 2.46 bits per heavy atom. The van der Waals surface area contributed by atoms with Crippen LogP contribution in [-0.4, -0.2) is 41.6 Å². The summed E-state index contributed by atoms with van der Waals surface area (Å²) in [6.45, 7) is 6.30. The molecule has 0 bridgehead atoms. The fourth-order valence-electron chi connectivity index (χ4n) is 2.58. The molecule has 0 radical (unpaired) electrons. The zero-order valence-electron chi connectivity index (χ0n) is 14.3. The van der Waals surface area contributed by atoms with Crippen LogP contribution in [0.3, 0.4) is 0 Å². The largest absolute Gasteiger partial charge is 0.444 e. The standard InChI is InChI=1S/C17H24FN3O3/c1-17(2,3)24-16(23)20-12-6-8-21(9-7-12)15(22)13-5-4-11(19)10-14(13)18/h4-5,10,12H,6-9,19H2,1-3H3,(H,20,23). The van der Waals surface area contributed by atoms with Gasteiger partial charge < -0.3 is 20.7 Å². The first-order valence-corrected chi connectivity index (χ1v) is 7.99. The number of benzene rings is 1. The first kappa shape index (κ1) is 18.0. The Hall–Kier alpha value is -2.31. The van der Waals surface area contributed by atoms with Gasteiger partial charge in [-0.1, -0.05) is 0 Å². The van der Waals surface area contributed by atoms with Crippen LogP contribution in [0.25, 0.3) is 0 Å². The first-order valence-electron chi connectivity index (χ1n) is 7.99. The van der Waals surface area contributed by atoms with Crippen LogP contribution in [0.1, 0.15) is 44.0 Å². The minimum absolute atomic E-state index is 0.0164. The van der Waals surface area contributed by atoms with Crippen LogP contribution in [0, 0.1) is 5.82 Å². The molecule has 2 rings (SSSR count). The van der Waals surface area contributed by atoms with E-state index >= 15 is 0 Å². The number of carbonyl (C=O) groups excluding carboxylic acids is 2. The highest BCUT2D eigenvalue weighted by atomic mass is 19.1. The van der Waals surface area contributed by atoms with Crippen molar-refractivity contribution in [1.29, 1.82) is 0 Å². The van der Waals surface area contributed by atoms with Crippen LogP contribution in [0.5, 0.6) is 0 Å². The van der Waals surface area contributed by atoms with E-state index in [1.54, 1.807) is 25.7 Å². The molecule has 1 aromatic carbocycles. The van der Waals surface area contributed by atoms with E-state index in [9.17, 15) is 14.0 Å². The summed E-state index contributed by atoms with van der Waals surface area (Å²) in [6, 6.07) is 4.00. The van der Waals surface area contributed by atoms with Crippen molar-refractivity contribution in [3.05, 3.63) is 29.6 Å². The molecule has 1 aromatic rings. The second-order valence-electron chi connectivity index (χ2n) is 6.95. The summed E-state index contributed by atoms with van der Waals surface area (Å²) in [6.07, 6.45) is 0.736. The smallest absolute Gasteiger partial charge is 0.407 e. The normalized spacial score (nSPS) is 15.9. The summed E-state index contributed by atoms with van der Waals surface area (Å²) in [4.78, 5) is 25.7. The SMILES string of the molecule is CC(C)(C)OC(=O)NC1CCN(C(=O)c2ccc(N)cc2F)CC1. The third-order valence-corrected chi connectivity index (χ3v) is 3.73. The fourth-order valence-corrected chi connectivity index (χ4v) is 2.58. The van der Waals surface area contributed by atoms with Gasteiger partial charge in [-0.2, -0.15) is 0 Å². The van der Waals surface area contributed by atoms with Gasteiger partial charge in [0.25, 0.3) is 5.91 Å². The average molecular weight is 337 g/mol. The number of likely N-dealkylation sites (tertiary alicyclic amines) is 1. The zero-order valence-corrected chi connectivity index (χ0v) is 14.3. The van der Waals surface area contributed by atoms with Crippen molar-refractivity contribution in [3.8, 4) is 0 Å². The number of piperidine rings is 1. The highest BCUT2D eigenvalue weighted by molar-refractivity contribution is 5.94. The number of amides is 2. The number of alkyl carbamates (subject to hydrolysis) is 1. The summed E-state index contributed by atoms with van der Waals surface area (Å²) in [7, 11) is 0. The second-order valence-corrected chi connectivity index (χ2v) is 6.95. The molecule has 7 heteroatoms. The van der Waals surface area contributed by atoms with Crippen LogP contribution in [0.2, 0.25) is 0 Å². The number of ether oxygens (including phenoxy) is 1. The second kappa shape index (κ2) is 7.07. The number of hydrogen-bond donors (Lipinski definition) is 2. The third kappa shape index (κ3) is 4.84. The van der Waals surface area contributed by atoms with Crippen molar-refractivity contribution in [2.45, 2.75) is 45.3 Å². The van der Waals surface area contributed by atoms with Gasteiger partial charge >= 0.3 is 6.09 Å². The number of nitrogens with two attached hydrogens (primary N) is 1. The number of anilines is 1. The molecule has 1 fully saturated rings. The maximum Gasteiger partial charge on any atom is 0.407 e. The Balaban J connectivity index is 1.88. The molecule has 0 aliphatic carbocycles. The Bertz CT molecular complexity index is 620. The topological polar surface area (TPSA) is 84.7 Å². The van der Waals surface area contributed by atoms with Gasteiger partial charge in [-0.15, -0.1) is 0 Å². The lowest BCUT2D eigenvalue weighted by Gasteiger charge is -2.33. The van der Waals surface area contributed by atoms with Gasteiger partial charge in [0.15, 0.2) is 0 Å². The first-order chi connectivity index (χ1) is 11.2. The molecule has 0 saturated carbocycles. The van der Waals surface area contributed by atoms with Crippen molar-refractivity contribution in [1.82, 2.24) is 10.2 Å². The molecule has 24 heavy (non-hydrogen) atoms.